The normalized spacial score (nSPS) is 15.4. The van der Waals surface area contributed by atoms with E-state index in [0.717, 1.165) is 12.1 Å². The number of hydrogen-bond acceptors (Lipinski definition) is 4. The Morgan fingerprint density at radius 3 is 2.42 bits per heavy atom. The molecular formula is C24H24F2N2O4S. The fraction of sp³-hybridized carbons (Fsp3) is 0.292. The number of halogens is 2. The zero-order valence-electron chi connectivity index (χ0n) is 17.9. The summed E-state index contributed by atoms with van der Waals surface area (Å²) in [6.45, 7) is 1.18. The summed E-state index contributed by atoms with van der Waals surface area (Å²) >= 11 is 0. The van der Waals surface area contributed by atoms with Crippen molar-refractivity contribution in [3.05, 3.63) is 78.1 Å². The molecule has 0 spiro atoms. The summed E-state index contributed by atoms with van der Waals surface area (Å²) in [4.78, 5) is 14.4. The highest BCUT2D eigenvalue weighted by molar-refractivity contribution is 7.89. The van der Waals surface area contributed by atoms with Gasteiger partial charge in [0.05, 0.1) is 10.5 Å². The average Bonchev–Trinajstić information content (AvgIpc) is 3.12. The van der Waals surface area contributed by atoms with E-state index >= 15 is 0 Å². The Morgan fingerprint density at radius 1 is 0.909 bits per heavy atom. The zero-order chi connectivity index (χ0) is 23.4. The van der Waals surface area contributed by atoms with Gasteiger partial charge in [0.1, 0.15) is 23.2 Å². The van der Waals surface area contributed by atoms with Crippen LogP contribution < -0.4 is 0 Å². The third kappa shape index (κ3) is 5.31. The van der Waals surface area contributed by atoms with Crippen LogP contribution in [-0.2, 0) is 21.2 Å². The van der Waals surface area contributed by atoms with Gasteiger partial charge in [0.2, 0.25) is 15.9 Å². The number of amides is 1. The number of hydrogen-bond donors (Lipinski definition) is 0. The monoisotopic (exact) mass is 474 g/mol. The molecule has 1 amide bonds. The first-order valence-corrected chi connectivity index (χ1v) is 12.2. The Kier molecular flexibility index (Phi) is 6.90. The molecule has 2 heterocycles. The van der Waals surface area contributed by atoms with Crippen LogP contribution in [0.1, 0.15) is 18.6 Å². The van der Waals surface area contributed by atoms with Gasteiger partial charge in [-0.15, -0.1) is 0 Å². The van der Waals surface area contributed by atoms with E-state index < -0.39 is 15.8 Å². The number of rotatable bonds is 6. The second kappa shape index (κ2) is 9.84. The molecule has 1 fully saturated rings. The van der Waals surface area contributed by atoms with E-state index in [4.69, 9.17) is 4.42 Å². The molecule has 0 atom stereocenters. The lowest BCUT2D eigenvalue weighted by Gasteiger charge is -2.22. The van der Waals surface area contributed by atoms with Gasteiger partial charge < -0.3 is 9.32 Å². The van der Waals surface area contributed by atoms with Crippen LogP contribution >= 0.6 is 0 Å². The molecule has 1 aromatic heterocycles. The highest BCUT2D eigenvalue weighted by Crippen LogP contribution is 2.25. The molecule has 9 heteroatoms. The smallest absolute Gasteiger partial charge is 0.243 e. The van der Waals surface area contributed by atoms with Crippen molar-refractivity contribution in [1.29, 1.82) is 0 Å². The third-order valence-corrected chi connectivity index (χ3v) is 7.56. The highest BCUT2D eigenvalue weighted by atomic mass is 32.2. The molecule has 1 saturated heterocycles. The van der Waals surface area contributed by atoms with Crippen LogP contribution in [0.5, 0.6) is 0 Å². The summed E-state index contributed by atoms with van der Waals surface area (Å²) < 4.78 is 59.8. The van der Waals surface area contributed by atoms with E-state index in [1.807, 2.05) is 0 Å². The third-order valence-electron chi connectivity index (χ3n) is 5.65. The molecule has 2 aromatic carbocycles. The van der Waals surface area contributed by atoms with Gasteiger partial charge in [-0.2, -0.15) is 4.31 Å². The standard InChI is InChI=1S/C24H24F2N2O4S/c25-18-6-10-20(11-7-18)33(30,31)28-15-3-14-27(16-17-28)24(29)13-9-19-8-12-23(32-19)21-4-1-2-5-22(21)26/h1-2,4-8,10-12H,3,9,13-17H2. The number of carbonyl (C=O) groups is 1. The van der Waals surface area contributed by atoms with Gasteiger partial charge in [-0.05, 0) is 55.0 Å². The lowest BCUT2D eigenvalue weighted by atomic mass is 10.1. The summed E-state index contributed by atoms with van der Waals surface area (Å²) in [5, 5.41) is 0. The minimum absolute atomic E-state index is 0.0344. The van der Waals surface area contributed by atoms with Gasteiger partial charge in [0.25, 0.3) is 0 Å². The Morgan fingerprint density at radius 2 is 1.67 bits per heavy atom. The second-order valence-electron chi connectivity index (χ2n) is 7.84. The predicted octanol–water partition coefficient (Wildman–Crippen LogP) is 4.08. The first-order valence-electron chi connectivity index (χ1n) is 10.7. The molecule has 3 aromatic rings. The number of nitrogens with zero attached hydrogens (tertiary/aromatic N) is 2. The van der Waals surface area contributed by atoms with Crippen LogP contribution in [-0.4, -0.2) is 49.7 Å². The minimum atomic E-state index is -3.75. The largest absolute Gasteiger partial charge is 0.461 e. The van der Waals surface area contributed by atoms with E-state index in [1.54, 1.807) is 35.2 Å². The highest BCUT2D eigenvalue weighted by Gasteiger charge is 2.28. The summed E-state index contributed by atoms with van der Waals surface area (Å²) in [5.41, 5.74) is 0.366. The van der Waals surface area contributed by atoms with Crippen LogP contribution in [0.15, 0.2) is 70.0 Å². The van der Waals surface area contributed by atoms with E-state index in [0.29, 0.717) is 36.5 Å². The van der Waals surface area contributed by atoms with Crippen molar-refractivity contribution in [2.24, 2.45) is 0 Å². The number of furan rings is 1. The molecular weight excluding hydrogens is 450 g/mol. The Bertz CT molecular complexity index is 1230. The molecule has 174 valence electrons. The van der Waals surface area contributed by atoms with Crippen molar-refractivity contribution in [2.75, 3.05) is 26.2 Å². The number of benzene rings is 2. The molecule has 0 saturated carbocycles. The van der Waals surface area contributed by atoms with Gasteiger partial charge in [-0.3, -0.25) is 4.79 Å². The summed E-state index contributed by atoms with van der Waals surface area (Å²) in [6, 6.07) is 14.5. The van der Waals surface area contributed by atoms with Crippen molar-refractivity contribution in [2.45, 2.75) is 24.2 Å². The minimum Gasteiger partial charge on any atom is -0.461 e. The quantitative estimate of drug-likeness (QED) is 0.540. The molecule has 0 N–H and O–H groups in total. The van der Waals surface area contributed by atoms with Crippen LogP contribution in [0.4, 0.5) is 8.78 Å². The average molecular weight is 475 g/mol. The van der Waals surface area contributed by atoms with Crippen molar-refractivity contribution in [3.63, 3.8) is 0 Å². The van der Waals surface area contributed by atoms with Crippen molar-refractivity contribution >= 4 is 15.9 Å². The van der Waals surface area contributed by atoms with Crippen LogP contribution in [0.3, 0.4) is 0 Å². The zero-order valence-corrected chi connectivity index (χ0v) is 18.7. The fourth-order valence-electron chi connectivity index (χ4n) is 3.85. The first-order chi connectivity index (χ1) is 15.8. The lowest BCUT2D eigenvalue weighted by molar-refractivity contribution is -0.131. The van der Waals surface area contributed by atoms with Gasteiger partial charge in [-0.25, -0.2) is 17.2 Å². The topological polar surface area (TPSA) is 70.8 Å². The van der Waals surface area contributed by atoms with Gasteiger partial charge in [0.15, 0.2) is 0 Å². The maximum Gasteiger partial charge on any atom is 0.243 e. The van der Waals surface area contributed by atoms with Gasteiger partial charge in [0, 0.05) is 39.0 Å². The Labute approximate surface area is 191 Å². The fourth-order valence-corrected chi connectivity index (χ4v) is 5.32. The SMILES string of the molecule is O=C(CCc1ccc(-c2ccccc2F)o1)N1CCCN(S(=O)(=O)c2ccc(F)cc2)CC1. The number of sulfonamides is 1. The van der Waals surface area contributed by atoms with Gasteiger partial charge in [-0.1, -0.05) is 12.1 Å². The molecule has 0 radical (unpaired) electrons. The van der Waals surface area contributed by atoms with Crippen LogP contribution in [0.25, 0.3) is 11.3 Å². The molecule has 0 aliphatic carbocycles. The summed E-state index contributed by atoms with van der Waals surface area (Å²) in [7, 11) is -3.75. The van der Waals surface area contributed by atoms with Crippen LogP contribution in [0.2, 0.25) is 0 Å². The summed E-state index contributed by atoms with van der Waals surface area (Å²) in [5.74, 6) is 0.0159. The molecule has 1 aliphatic heterocycles. The molecule has 6 nitrogen and oxygen atoms in total. The molecule has 4 rings (SSSR count). The molecule has 1 aliphatic rings. The molecule has 33 heavy (non-hydrogen) atoms. The molecule has 0 bridgehead atoms. The number of carbonyl (C=O) groups excluding carboxylic acids is 1. The lowest BCUT2D eigenvalue weighted by Crippen LogP contribution is -2.37. The van der Waals surface area contributed by atoms with Gasteiger partial charge >= 0.3 is 0 Å². The van der Waals surface area contributed by atoms with Crippen LogP contribution in [0, 0.1) is 11.6 Å². The summed E-state index contributed by atoms with van der Waals surface area (Å²) in [6.07, 6.45) is 1.07. The predicted molar refractivity (Wildman–Crippen MR) is 119 cm³/mol. The van der Waals surface area contributed by atoms with E-state index in [1.165, 1.54) is 22.5 Å². The maximum absolute atomic E-state index is 13.9. The Balaban J connectivity index is 1.34. The second-order valence-corrected chi connectivity index (χ2v) is 9.78. The Hall–Kier alpha value is -3.04. The van der Waals surface area contributed by atoms with Crippen molar-refractivity contribution in [1.82, 2.24) is 9.21 Å². The van der Waals surface area contributed by atoms with Crippen molar-refractivity contribution in [3.8, 4) is 11.3 Å². The first kappa shape index (κ1) is 23.1. The van der Waals surface area contributed by atoms with E-state index in [2.05, 4.69) is 0 Å². The molecule has 0 unspecified atom stereocenters. The van der Waals surface area contributed by atoms with Crippen molar-refractivity contribution < 1.29 is 26.4 Å². The maximum atomic E-state index is 13.9. The number of aryl methyl sites for hydroxylation is 1. The van der Waals surface area contributed by atoms with E-state index in [9.17, 15) is 22.0 Å². The van der Waals surface area contributed by atoms with E-state index in [-0.39, 0.29) is 42.7 Å².